The molecule has 1 N–H and O–H groups in total. The molecule has 10 rings (SSSR count). The van der Waals surface area contributed by atoms with Gasteiger partial charge in [0.1, 0.15) is 11.6 Å². The number of nitrogens with zero attached hydrogens (tertiary/aromatic N) is 3. The Morgan fingerprint density at radius 3 is 2.03 bits per heavy atom. The van der Waals surface area contributed by atoms with E-state index in [9.17, 15) is 7.85 Å². The van der Waals surface area contributed by atoms with Crippen LogP contribution in [0.5, 0.6) is 5.75 Å². The predicted molar refractivity (Wildman–Crippen MR) is 269 cm³/mol. The monoisotopic (exact) mass is 1040 g/mol. The largest absolute Gasteiger partial charge is 0.507 e. The van der Waals surface area contributed by atoms with Crippen molar-refractivity contribution in [3.8, 4) is 67.5 Å². The van der Waals surface area contributed by atoms with Gasteiger partial charge in [-0.2, -0.15) is 0 Å². The van der Waals surface area contributed by atoms with Gasteiger partial charge in [-0.3, -0.25) is 9.55 Å². The van der Waals surface area contributed by atoms with Crippen LogP contribution in [0.1, 0.15) is 85.3 Å². The van der Waals surface area contributed by atoms with Crippen molar-refractivity contribution in [2.75, 3.05) is 0 Å². The van der Waals surface area contributed by atoms with Crippen molar-refractivity contribution >= 4 is 11.0 Å². The maximum absolute atomic E-state index is 11.5. The van der Waals surface area contributed by atoms with Crippen LogP contribution in [0.4, 0.5) is 0 Å². The number of rotatable bonds is 10. The second-order valence-corrected chi connectivity index (χ2v) is 19.1. The molecule has 66 heavy (non-hydrogen) atoms. The van der Waals surface area contributed by atoms with Crippen LogP contribution in [0.25, 0.3) is 72.7 Å². The van der Waals surface area contributed by atoms with E-state index >= 15 is 0 Å². The average Bonchev–Trinajstić information content (AvgIpc) is 4.04. The summed E-state index contributed by atoms with van der Waals surface area (Å²) in [4.78, 5) is 10.4. The Kier molecular flexibility index (Phi) is 11.9. The molecular weight excluding hydrogens is 986 g/mol. The molecule has 0 spiro atoms. The fourth-order valence-electron chi connectivity index (χ4n) is 9.53. The first kappa shape index (κ1) is 42.3. The third-order valence-electron chi connectivity index (χ3n) is 13.4. The van der Waals surface area contributed by atoms with Gasteiger partial charge >= 0.3 is 0 Å². The van der Waals surface area contributed by atoms with E-state index in [-0.39, 0.29) is 43.6 Å². The molecule has 1 aliphatic carbocycles. The minimum absolute atomic E-state index is 0. The topological polar surface area (TPSA) is 50.9 Å². The minimum atomic E-state index is -1.48. The van der Waals surface area contributed by atoms with Crippen molar-refractivity contribution in [1.29, 1.82) is 0 Å². The maximum atomic E-state index is 11.5. The first-order valence-electron chi connectivity index (χ1n) is 24.0. The summed E-state index contributed by atoms with van der Waals surface area (Å²) in [5, 5.41) is 11.5. The number of fused-ring (bicyclic) bond motifs is 1. The number of hydrogen-bond donors (Lipinski definition) is 1. The Balaban J connectivity index is 0.00000578. The average molecular weight is 1040 g/mol. The summed E-state index contributed by atoms with van der Waals surface area (Å²) < 4.78 is 20.9. The van der Waals surface area contributed by atoms with Crippen molar-refractivity contribution in [1.82, 2.24) is 14.5 Å². The van der Waals surface area contributed by atoms with Crippen LogP contribution < -0.4 is 0 Å². The maximum Gasteiger partial charge on any atom is 0.148 e. The summed E-state index contributed by atoms with van der Waals surface area (Å²) in [6.45, 7) is 11.2. The quantitative estimate of drug-likeness (QED) is 0.139. The number of pyridine rings is 1. The van der Waals surface area contributed by atoms with Crippen molar-refractivity contribution in [2.45, 2.75) is 77.5 Å². The summed E-state index contributed by atoms with van der Waals surface area (Å²) in [6.07, 6.45) is 4.31. The van der Waals surface area contributed by atoms with Crippen molar-refractivity contribution in [3.05, 3.63) is 204 Å². The third kappa shape index (κ3) is 8.84. The molecule has 0 bridgehead atoms. The zero-order valence-corrected chi connectivity index (χ0v) is 40.5. The van der Waals surface area contributed by atoms with E-state index in [1.54, 1.807) is 6.07 Å². The molecular formula is C61H56N3OPt-. The van der Waals surface area contributed by atoms with Crippen LogP contribution in [-0.2, 0) is 38.3 Å². The van der Waals surface area contributed by atoms with Crippen LogP contribution in [0.15, 0.2) is 176 Å². The van der Waals surface area contributed by atoms with Gasteiger partial charge in [0.25, 0.3) is 0 Å². The van der Waals surface area contributed by atoms with Gasteiger partial charge in [0.15, 0.2) is 0 Å². The summed E-state index contributed by atoms with van der Waals surface area (Å²) in [7, 11) is 0. The number of aromatic nitrogens is 3. The molecule has 0 atom stereocenters. The molecule has 7 aromatic carbocycles. The van der Waals surface area contributed by atoms with Gasteiger partial charge in [0.2, 0.25) is 0 Å². The minimum Gasteiger partial charge on any atom is -0.507 e. The molecule has 1 fully saturated rings. The SMILES string of the molecule is [2H]C([2H])(c1ccc(-n2c(-c3ccccc3O)nc3c(-c4[c-]c(-c5cc(-c6cccc(C(C)(C)c7ccccc7)c6)ccn5)cc(C(C)(C)C)c4)cccc32)c(-c2ccccc2)c1)C1CCCC1.[Pt]. The zero-order valence-electron chi connectivity index (χ0n) is 40.3. The molecule has 1 aliphatic rings. The number of imidazole rings is 1. The van der Waals surface area contributed by atoms with Crippen molar-refractivity contribution < 1.29 is 28.9 Å². The number of phenols is 1. The van der Waals surface area contributed by atoms with E-state index in [2.05, 4.69) is 154 Å². The number of aromatic hydroxyl groups is 1. The Morgan fingerprint density at radius 1 is 0.621 bits per heavy atom. The molecule has 0 amide bonds. The first-order chi connectivity index (χ1) is 32.3. The van der Waals surface area contributed by atoms with E-state index in [1.165, 1.54) is 11.1 Å². The van der Waals surface area contributed by atoms with Crippen LogP contribution in [0, 0.1) is 12.0 Å². The molecule has 9 aromatic rings. The summed E-state index contributed by atoms with van der Waals surface area (Å²) in [5.74, 6) is 0.685. The Bertz CT molecular complexity index is 3260. The van der Waals surface area contributed by atoms with E-state index in [4.69, 9.17) is 9.97 Å². The fraction of sp³-hybridized carbons (Fsp3) is 0.213. The Labute approximate surface area is 407 Å². The standard InChI is InChI=1S/C61H56N3O.Pt/c1-60(2,3)50-38-46(36-47(39-50)54-40-45(32-33-62-54)44-22-16-25-49(37-44)61(4,5)48-23-10-7-11-24-48)51-27-17-28-56-58(51)63-59(52-26-14-15-29-57(52)65)64(56)55-31-30-42(34-41-18-12-13-19-41)35-53(55)43-20-8-6-9-21-43;/h6-11,14-17,20-33,35,37-41,65H,12-13,18-19,34H2,1-5H3;/q-1;/i34D2;. The van der Waals surface area contributed by atoms with Gasteiger partial charge in [0, 0.05) is 46.7 Å². The van der Waals surface area contributed by atoms with E-state index in [1.807, 2.05) is 60.8 Å². The van der Waals surface area contributed by atoms with Gasteiger partial charge in [-0.15, -0.1) is 29.3 Å². The van der Waals surface area contributed by atoms with Crippen LogP contribution in [-0.4, -0.2) is 19.6 Å². The second-order valence-electron chi connectivity index (χ2n) is 19.1. The molecule has 4 nitrogen and oxygen atoms in total. The van der Waals surface area contributed by atoms with Crippen molar-refractivity contribution in [2.24, 2.45) is 5.92 Å². The summed E-state index contributed by atoms with van der Waals surface area (Å²) in [5.41, 5.74) is 14.6. The summed E-state index contributed by atoms with van der Waals surface area (Å²) >= 11 is 0. The van der Waals surface area contributed by atoms with Gasteiger partial charge in [0.05, 0.1) is 22.3 Å². The molecule has 0 unspecified atom stereocenters. The van der Waals surface area contributed by atoms with Gasteiger partial charge in [-0.05, 0) is 87.5 Å². The van der Waals surface area contributed by atoms with Crippen molar-refractivity contribution in [3.63, 3.8) is 0 Å². The molecule has 0 radical (unpaired) electrons. The van der Waals surface area contributed by atoms with Crippen LogP contribution >= 0.6 is 0 Å². The fourth-order valence-corrected chi connectivity index (χ4v) is 9.53. The first-order valence-corrected chi connectivity index (χ1v) is 23.0. The molecule has 332 valence electrons. The van der Waals surface area contributed by atoms with Crippen LogP contribution in [0.2, 0.25) is 0 Å². The second kappa shape index (κ2) is 18.5. The Hall–Kier alpha value is -6.35. The number of benzene rings is 7. The smallest absolute Gasteiger partial charge is 0.148 e. The molecule has 0 aliphatic heterocycles. The number of hydrogen-bond acceptors (Lipinski definition) is 3. The summed E-state index contributed by atoms with van der Waals surface area (Å²) in [6, 6.07) is 61.9. The normalized spacial score (nSPS) is 13.9. The van der Waals surface area contributed by atoms with Gasteiger partial charge < -0.3 is 5.11 Å². The zero-order chi connectivity index (χ0) is 46.5. The van der Waals surface area contributed by atoms with E-state index < -0.39 is 6.37 Å². The Morgan fingerprint density at radius 2 is 1.27 bits per heavy atom. The van der Waals surface area contributed by atoms with E-state index in [0.29, 0.717) is 17.0 Å². The van der Waals surface area contributed by atoms with Gasteiger partial charge in [-0.1, -0.05) is 193 Å². The predicted octanol–water partition coefficient (Wildman–Crippen LogP) is 15.6. The number of para-hydroxylation sites is 2. The third-order valence-corrected chi connectivity index (χ3v) is 13.4. The number of phenolic OH excluding ortho intramolecular Hbond substituents is 1. The van der Waals surface area contributed by atoms with Gasteiger partial charge in [-0.25, -0.2) is 4.98 Å². The van der Waals surface area contributed by atoms with Crippen LogP contribution in [0.3, 0.4) is 0 Å². The molecule has 5 heteroatoms. The molecule has 0 saturated heterocycles. The molecule has 1 saturated carbocycles. The van der Waals surface area contributed by atoms with E-state index in [0.717, 1.165) is 92.6 Å². The molecule has 2 heterocycles. The molecule has 2 aromatic heterocycles.